The number of phenols is 1. The summed E-state index contributed by atoms with van der Waals surface area (Å²) in [5.74, 6) is -0.448. The van der Waals surface area contributed by atoms with E-state index in [0.717, 1.165) is 6.07 Å². The SMILES string of the molecule is Cc1[nH]n(-c2ccc(C#N)cc2)c(=O)c1N=Nc1ccc(S(N)(=O)=O)cc1O. The minimum atomic E-state index is -3.97. The van der Waals surface area contributed by atoms with Gasteiger partial charge in [0.1, 0.15) is 11.4 Å². The summed E-state index contributed by atoms with van der Waals surface area (Å²) in [7, 11) is -3.97. The number of aromatic nitrogens is 2. The van der Waals surface area contributed by atoms with E-state index in [4.69, 9.17) is 10.4 Å². The largest absolute Gasteiger partial charge is 0.506 e. The van der Waals surface area contributed by atoms with Crippen LogP contribution in [0.15, 0.2) is 62.4 Å². The van der Waals surface area contributed by atoms with E-state index in [9.17, 15) is 18.3 Å². The molecule has 1 heterocycles. The Bertz CT molecular complexity index is 1280. The van der Waals surface area contributed by atoms with Crippen LogP contribution in [0.5, 0.6) is 5.75 Å². The lowest BCUT2D eigenvalue weighted by Crippen LogP contribution is -2.13. The summed E-state index contributed by atoms with van der Waals surface area (Å²) in [5.41, 5.74) is 0.897. The molecule has 3 rings (SSSR count). The highest BCUT2D eigenvalue weighted by Crippen LogP contribution is 2.30. The van der Waals surface area contributed by atoms with Crippen molar-refractivity contribution >= 4 is 21.4 Å². The number of nitrogens with one attached hydrogen (secondary N) is 1. The van der Waals surface area contributed by atoms with Crippen LogP contribution in [-0.4, -0.2) is 23.3 Å². The van der Waals surface area contributed by atoms with Crippen molar-refractivity contribution < 1.29 is 13.5 Å². The van der Waals surface area contributed by atoms with Crippen molar-refractivity contribution in [3.05, 3.63) is 64.1 Å². The van der Waals surface area contributed by atoms with Gasteiger partial charge in [0.2, 0.25) is 10.0 Å². The van der Waals surface area contributed by atoms with Gasteiger partial charge in [-0.2, -0.15) is 5.26 Å². The van der Waals surface area contributed by atoms with Crippen LogP contribution in [0, 0.1) is 18.3 Å². The number of azo groups is 1. The fourth-order valence-electron chi connectivity index (χ4n) is 2.39. The van der Waals surface area contributed by atoms with Crippen LogP contribution in [0.25, 0.3) is 5.69 Å². The maximum absolute atomic E-state index is 12.6. The summed E-state index contributed by atoms with van der Waals surface area (Å²) in [5, 5.41) is 34.3. The van der Waals surface area contributed by atoms with Crippen molar-refractivity contribution in [2.24, 2.45) is 15.4 Å². The molecule has 0 amide bonds. The Kier molecular flexibility index (Phi) is 4.83. The summed E-state index contributed by atoms with van der Waals surface area (Å²) in [6.45, 7) is 1.62. The predicted octanol–water partition coefficient (Wildman–Crippen LogP) is 2.11. The lowest BCUT2D eigenvalue weighted by Gasteiger charge is -2.01. The molecule has 0 saturated heterocycles. The second-order valence-electron chi connectivity index (χ2n) is 5.78. The maximum atomic E-state index is 12.6. The first-order valence-corrected chi connectivity index (χ1v) is 9.35. The zero-order chi connectivity index (χ0) is 20.5. The number of hydrogen-bond donors (Lipinski definition) is 3. The number of nitrogens with two attached hydrogens (primary N) is 1. The molecule has 0 unspecified atom stereocenters. The molecule has 0 aliphatic rings. The number of nitriles is 1. The number of sulfonamides is 1. The minimum Gasteiger partial charge on any atom is -0.506 e. The quantitative estimate of drug-likeness (QED) is 0.571. The van der Waals surface area contributed by atoms with E-state index >= 15 is 0 Å². The number of primary sulfonamides is 1. The molecule has 28 heavy (non-hydrogen) atoms. The van der Waals surface area contributed by atoms with E-state index in [1.54, 1.807) is 31.2 Å². The first-order chi connectivity index (χ1) is 13.2. The van der Waals surface area contributed by atoms with Gasteiger partial charge < -0.3 is 5.11 Å². The zero-order valence-electron chi connectivity index (χ0n) is 14.5. The molecule has 0 aliphatic carbocycles. The van der Waals surface area contributed by atoms with Crippen molar-refractivity contribution in [2.75, 3.05) is 0 Å². The molecule has 4 N–H and O–H groups in total. The number of nitrogens with zero attached hydrogens (tertiary/aromatic N) is 4. The van der Waals surface area contributed by atoms with Gasteiger partial charge in [-0.1, -0.05) is 0 Å². The number of aromatic hydroxyl groups is 1. The van der Waals surface area contributed by atoms with Crippen LogP contribution in [0.2, 0.25) is 0 Å². The molecule has 2 aromatic carbocycles. The van der Waals surface area contributed by atoms with E-state index in [-0.39, 0.29) is 16.3 Å². The van der Waals surface area contributed by atoms with Crippen molar-refractivity contribution in [3.8, 4) is 17.5 Å². The van der Waals surface area contributed by atoms with Crippen LogP contribution in [0.4, 0.5) is 11.4 Å². The lowest BCUT2D eigenvalue weighted by atomic mass is 10.2. The molecule has 0 fully saturated rings. The number of rotatable bonds is 4. The highest BCUT2D eigenvalue weighted by Gasteiger charge is 2.14. The van der Waals surface area contributed by atoms with Gasteiger partial charge in [0.25, 0.3) is 5.56 Å². The molecular weight excluding hydrogens is 384 g/mol. The Morgan fingerprint density at radius 2 is 1.86 bits per heavy atom. The minimum absolute atomic E-state index is 0.0132. The normalized spacial score (nSPS) is 11.6. The van der Waals surface area contributed by atoms with Crippen LogP contribution in [-0.2, 0) is 10.0 Å². The molecule has 1 aromatic heterocycles. The molecular formula is C17H14N6O4S. The average molecular weight is 398 g/mol. The van der Waals surface area contributed by atoms with Crippen LogP contribution < -0.4 is 10.7 Å². The molecule has 0 radical (unpaired) electrons. The highest BCUT2D eigenvalue weighted by molar-refractivity contribution is 7.89. The standard InChI is InChI=1S/C17H14N6O4S/c1-10-16(17(25)23(22-10)12-4-2-11(9-18)3-5-12)21-20-14-7-6-13(8-15(14)24)28(19,26)27/h2-8,22,24H,1H3,(H2,19,26,27). The van der Waals surface area contributed by atoms with Crippen molar-refractivity contribution in [1.29, 1.82) is 5.26 Å². The van der Waals surface area contributed by atoms with Crippen molar-refractivity contribution in [3.63, 3.8) is 0 Å². The van der Waals surface area contributed by atoms with Gasteiger partial charge in [0, 0.05) is 6.07 Å². The molecule has 0 saturated carbocycles. The van der Waals surface area contributed by atoms with E-state index in [2.05, 4.69) is 15.3 Å². The van der Waals surface area contributed by atoms with E-state index in [1.807, 2.05) is 6.07 Å². The lowest BCUT2D eigenvalue weighted by molar-refractivity contribution is 0.474. The number of H-pyrrole nitrogens is 1. The monoisotopic (exact) mass is 398 g/mol. The average Bonchev–Trinajstić information content (AvgIpc) is 2.94. The summed E-state index contributed by atoms with van der Waals surface area (Å²) in [6, 6.07) is 11.7. The second-order valence-corrected chi connectivity index (χ2v) is 7.34. The summed E-state index contributed by atoms with van der Waals surface area (Å²) in [6.07, 6.45) is 0. The first kappa shape index (κ1) is 19.0. The Balaban J connectivity index is 1.96. The summed E-state index contributed by atoms with van der Waals surface area (Å²) >= 11 is 0. The molecule has 0 spiro atoms. The zero-order valence-corrected chi connectivity index (χ0v) is 15.3. The maximum Gasteiger partial charge on any atom is 0.299 e. The third kappa shape index (κ3) is 3.68. The molecule has 10 nitrogen and oxygen atoms in total. The van der Waals surface area contributed by atoms with Gasteiger partial charge in [-0.3, -0.25) is 9.89 Å². The third-order valence-electron chi connectivity index (χ3n) is 3.83. The van der Waals surface area contributed by atoms with E-state index < -0.39 is 21.3 Å². The smallest absolute Gasteiger partial charge is 0.299 e. The second kappa shape index (κ2) is 7.10. The number of aryl methyl sites for hydroxylation is 1. The highest BCUT2D eigenvalue weighted by atomic mass is 32.2. The van der Waals surface area contributed by atoms with Gasteiger partial charge >= 0.3 is 0 Å². The van der Waals surface area contributed by atoms with Crippen molar-refractivity contribution in [1.82, 2.24) is 9.78 Å². The molecule has 0 atom stereocenters. The molecule has 3 aromatic rings. The van der Waals surface area contributed by atoms with Crippen LogP contribution >= 0.6 is 0 Å². The fourth-order valence-corrected chi connectivity index (χ4v) is 2.92. The Morgan fingerprint density at radius 3 is 2.43 bits per heavy atom. The Hall–Kier alpha value is -3.75. The molecule has 0 aliphatic heterocycles. The number of aromatic amines is 1. The van der Waals surface area contributed by atoms with Crippen molar-refractivity contribution in [2.45, 2.75) is 11.8 Å². The number of benzene rings is 2. The predicted molar refractivity (Wildman–Crippen MR) is 99.5 cm³/mol. The Labute approximate surface area is 159 Å². The Morgan fingerprint density at radius 1 is 1.18 bits per heavy atom. The van der Waals surface area contributed by atoms with Gasteiger partial charge in [-0.15, -0.1) is 10.2 Å². The third-order valence-corrected chi connectivity index (χ3v) is 4.74. The fraction of sp³-hybridized carbons (Fsp3) is 0.0588. The molecule has 11 heteroatoms. The molecule has 142 valence electrons. The number of hydrogen-bond acceptors (Lipinski definition) is 7. The van der Waals surface area contributed by atoms with Gasteiger partial charge in [-0.05, 0) is 43.3 Å². The molecule has 0 bridgehead atoms. The summed E-state index contributed by atoms with van der Waals surface area (Å²) in [4.78, 5) is 12.3. The van der Waals surface area contributed by atoms with Crippen LogP contribution in [0.3, 0.4) is 0 Å². The van der Waals surface area contributed by atoms with Gasteiger partial charge in [0.15, 0.2) is 5.69 Å². The van der Waals surface area contributed by atoms with E-state index in [1.165, 1.54) is 16.8 Å². The topological polar surface area (TPSA) is 167 Å². The first-order valence-electron chi connectivity index (χ1n) is 7.80. The number of phenolic OH excluding ortho intramolecular Hbond substituents is 1. The van der Waals surface area contributed by atoms with Gasteiger partial charge in [-0.25, -0.2) is 18.2 Å². The van der Waals surface area contributed by atoms with Gasteiger partial charge in [0.05, 0.1) is 27.9 Å². The van der Waals surface area contributed by atoms with Crippen LogP contribution in [0.1, 0.15) is 11.3 Å². The summed E-state index contributed by atoms with van der Waals surface area (Å²) < 4.78 is 23.8. The van der Waals surface area contributed by atoms with E-state index in [0.29, 0.717) is 16.9 Å².